The maximum Gasteiger partial charge on any atom is 0.339 e. The molecule has 0 saturated carbocycles. The van der Waals surface area contributed by atoms with E-state index in [2.05, 4.69) is 10.2 Å². The Bertz CT molecular complexity index is 881. The van der Waals surface area contributed by atoms with Crippen molar-refractivity contribution in [3.63, 3.8) is 0 Å². The van der Waals surface area contributed by atoms with E-state index in [0.29, 0.717) is 12.4 Å². The van der Waals surface area contributed by atoms with Crippen LogP contribution >= 0.6 is 11.8 Å². The van der Waals surface area contributed by atoms with Crippen molar-refractivity contribution in [3.05, 3.63) is 60.2 Å². The van der Waals surface area contributed by atoms with Gasteiger partial charge in [0.05, 0.1) is 6.61 Å². The number of hydrogen-bond acceptors (Lipinski definition) is 5. The molecular formula is C19H19N3O3S. The van der Waals surface area contributed by atoms with Gasteiger partial charge in [0.1, 0.15) is 11.3 Å². The Hall–Kier alpha value is -2.80. The average molecular weight is 369 g/mol. The van der Waals surface area contributed by atoms with Gasteiger partial charge < -0.3 is 14.4 Å². The second-order valence-electron chi connectivity index (χ2n) is 5.58. The molecule has 3 aromatic rings. The molecule has 6 nitrogen and oxygen atoms in total. The Morgan fingerprint density at radius 1 is 1.12 bits per heavy atom. The molecule has 0 aliphatic heterocycles. The van der Waals surface area contributed by atoms with Gasteiger partial charge in [0, 0.05) is 18.4 Å². The Morgan fingerprint density at radius 2 is 1.85 bits per heavy atom. The number of carboxylic acid groups (broad SMARTS) is 1. The zero-order valence-corrected chi connectivity index (χ0v) is 15.1. The van der Waals surface area contributed by atoms with E-state index in [1.807, 2.05) is 41.9 Å². The zero-order valence-electron chi connectivity index (χ0n) is 14.3. The van der Waals surface area contributed by atoms with Gasteiger partial charge in [0.15, 0.2) is 11.0 Å². The first-order chi connectivity index (χ1) is 12.7. The minimum Gasteiger partial charge on any atom is -0.493 e. The van der Waals surface area contributed by atoms with Crippen molar-refractivity contribution in [2.75, 3.05) is 12.4 Å². The number of ether oxygens (including phenoxy) is 1. The molecule has 0 unspecified atom stereocenters. The fourth-order valence-corrected chi connectivity index (χ4v) is 3.28. The number of nitrogens with zero attached hydrogens (tertiary/aromatic N) is 3. The summed E-state index contributed by atoms with van der Waals surface area (Å²) in [6, 6.07) is 16.6. The first-order valence-electron chi connectivity index (χ1n) is 8.19. The van der Waals surface area contributed by atoms with Gasteiger partial charge in [-0.25, -0.2) is 4.79 Å². The number of carbonyl (C=O) groups is 1. The average Bonchev–Trinajstić information content (AvgIpc) is 3.03. The molecule has 0 aliphatic rings. The molecule has 134 valence electrons. The fraction of sp³-hybridized carbons (Fsp3) is 0.211. The van der Waals surface area contributed by atoms with Crippen LogP contribution in [0, 0.1) is 0 Å². The van der Waals surface area contributed by atoms with Crippen molar-refractivity contribution in [1.82, 2.24) is 14.8 Å². The van der Waals surface area contributed by atoms with Crippen molar-refractivity contribution in [2.24, 2.45) is 7.05 Å². The van der Waals surface area contributed by atoms with Crippen LogP contribution in [0.4, 0.5) is 0 Å². The summed E-state index contributed by atoms with van der Waals surface area (Å²) < 4.78 is 7.58. The molecule has 0 atom stereocenters. The van der Waals surface area contributed by atoms with Crippen LogP contribution in [0.5, 0.6) is 5.75 Å². The van der Waals surface area contributed by atoms with Gasteiger partial charge in [-0.05, 0) is 18.6 Å². The molecule has 0 radical (unpaired) electrons. The lowest BCUT2D eigenvalue weighted by atomic mass is 10.2. The molecule has 0 aliphatic carbocycles. The summed E-state index contributed by atoms with van der Waals surface area (Å²) in [7, 11) is 1.95. The predicted octanol–water partition coefficient (Wildman–Crippen LogP) is 3.74. The number of rotatable bonds is 8. The van der Waals surface area contributed by atoms with E-state index >= 15 is 0 Å². The minimum atomic E-state index is -0.984. The lowest BCUT2D eigenvalue weighted by Crippen LogP contribution is -2.05. The van der Waals surface area contributed by atoms with E-state index < -0.39 is 5.97 Å². The first kappa shape index (κ1) is 18.0. The summed E-state index contributed by atoms with van der Waals surface area (Å²) in [5.74, 6) is 1.05. The summed E-state index contributed by atoms with van der Waals surface area (Å²) in [4.78, 5) is 11.2. The van der Waals surface area contributed by atoms with E-state index in [-0.39, 0.29) is 5.56 Å². The van der Waals surface area contributed by atoms with Crippen LogP contribution in [0.25, 0.3) is 11.4 Å². The van der Waals surface area contributed by atoms with Gasteiger partial charge in [-0.2, -0.15) is 0 Å². The van der Waals surface area contributed by atoms with Crippen molar-refractivity contribution in [3.8, 4) is 17.1 Å². The fourth-order valence-electron chi connectivity index (χ4n) is 2.45. The van der Waals surface area contributed by atoms with Gasteiger partial charge in [0.25, 0.3) is 0 Å². The van der Waals surface area contributed by atoms with Gasteiger partial charge in [-0.15, -0.1) is 10.2 Å². The van der Waals surface area contributed by atoms with Gasteiger partial charge >= 0.3 is 5.97 Å². The molecule has 1 N–H and O–H groups in total. The topological polar surface area (TPSA) is 77.2 Å². The maximum atomic E-state index is 11.2. The van der Waals surface area contributed by atoms with E-state index in [0.717, 1.165) is 28.7 Å². The standard InChI is InChI=1S/C19H19N3O3S/c1-22-17(14-8-3-2-4-9-14)20-21-19(22)26-13-7-12-25-16-11-6-5-10-15(16)18(23)24/h2-6,8-11H,7,12-13H2,1H3,(H,23,24). The molecule has 1 heterocycles. The van der Waals surface area contributed by atoms with E-state index in [9.17, 15) is 4.79 Å². The third-order valence-corrected chi connectivity index (χ3v) is 4.87. The molecule has 3 rings (SSSR count). The SMILES string of the molecule is Cn1c(SCCCOc2ccccc2C(=O)O)nnc1-c1ccccc1. The lowest BCUT2D eigenvalue weighted by Gasteiger charge is -2.08. The van der Waals surface area contributed by atoms with Crippen molar-refractivity contribution >= 4 is 17.7 Å². The zero-order chi connectivity index (χ0) is 18.4. The van der Waals surface area contributed by atoms with E-state index in [1.165, 1.54) is 6.07 Å². The Balaban J connectivity index is 1.51. The van der Waals surface area contributed by atoms with E-state index in [1.54, 1.807) is 30.0 Å². The number of carboxylic acids is 1. The summed E-state index contributed by atoms with van der Waals surface area (Å²) >= 11 is 1.60. The maximum absolute atomic E-state index is 11.2. The van der Waals surface area contributed by atoms with Crippen LogP contribution in [-0.4, -0.2) is 38.2 Å². The molecule has 0 amide bonds. The summed E-state index contributed by atoms with van der Waals surface area (Å²) in [5, 5.41) is 18.5. The smallest absolute Gasteiger partial charge is 0.339 e. The molecule has 0 fully saturated rings. The second kappa shape index (κ2) is 8.53. The molecular weight excluding hydrogens is 350 g/mol. The van der Waals surface area contributed by atoms with Crippen LogP contribution < -0.4 is 4.74 Å². The highest BCUT2D eigenvalue weighted by Gasteiger charge is 2.12. The van der Waals surface area contributed by atoms with Crippen LogP contribution in [0.3, 0.4) is 0 Å². The second-order valence-corrected chi connectivity index (χ2v) is 6.65. The lowest BCUT2D eigenvalue weighted by molar-refractivity contribution is 0.0692. The molecule has 26 heavy (non-hydrogen) atoms. The number of benzene rings is 2. The first-order valence-corrected chi connectivity index (χ1v) is 9.18. The van der Waals surface area contributed by atoms with Crippen molar-refractivity contribution in [1.29, 1.82) is 0 Å². The molecule has 1 aromatic heterocycles. The molecule has 7 heteroatoms. The Labute approximate surface area is 155 Å². The minimum absolute atomic E-state index is 0.181. The van der Waals surface area contributed by atoms with Gasteiger partial charge in [-0.3, -0.25) is 0 Å². The summed E-state index contributed by atoms with van der Waals surface area (Å²) in [6.07, 6.45) is 0.770. The number of thioether (sulfide) groups is 1. The van der Waals surface area contributed by atoms with Crippen molar-refractivity contribution in [2.45, 2.75) is 11.6 Å². The van der Waals surface area contributed by atoms with Crippen LogP contribution in [0.2, 0.25) is 0 Å². The normalized spacial score (nSPS) is 10.7. The van der Waals surface area contributed by atoms with Crippen LogP contribution in [0.15, 0.2) is 59.8 Å². The van der Waals surface area contributed by atoms with Gasteiger partial charge in [-0.1, -0.05) is 54.2 Å². The third kappa shape index (κ3) is 4.23. The monoisotopic (exact) mass is 369 g/mol. The number of hydrogen-bond donors (Lipinski definition) is 1. The molecule has 2 aromatic carbocycles. The number of aromatic carboxylic acids is 1. The van der Waals surface area contributed by atoms with Crippen LogP contribution in [0.1, 0.15) is 16.8 Å². The van der Waals surface area contributed by atoms with Crippen LogP contribution in [-0.2, 0) is 7.05 Å². The Kier molecular flexibility index (Phi) is 5.91. The highest BCUT2D eigenvalue weighted by molar-refractivity contribution is 7.99. The van der Waals surface area contributed by atoms with E-state index in [4.69, 9.17) is 9.84 Å². The number of aromatic nitrogens is 3. The summed E-state index contributed by atoms with van der Waals surface area (Å²) in [5.41, 5.74) is 1.21. The van der Waals surface area contributed by atoms with Gasteiger partial charge in [0.2, 0.25) is 0 Å². The quantitative estimate of drug-likeness (QED) is 0.481. The molecule has 0 bridgehead atoms. The molecule has 0 spiro atoms. The largest absolute Gasteiger partial charge is 0.493 e. The van der Waals surface area contributed by atoms with Crippen molar-refractivity contribution < 1.29 is 14.6 Å². The number of para-hydroxylation sites is 1. The Morgan fingerprint density at radius 3 is 2.62 bits per heavy atom. The predicted molar refractivity (Wildman–Crippen MR) is 101 cm³/mol. The highest BCUT2D eigenvalue weighted by Crippen LogP contribution is 2.23. The summed E-state index contributed by atoms with van der Waals surface area (Å²) in [6.45, 7) is 0.445. The highest BCUT2D eigenvalue weighted by atomic mass is 32.2. The molecule has 0 saturated heterocycles. The third-order valence-electron chi connectivity index (χ3n) is 3.76.